The number of pyridine rings is 1. The highest BCUT2D eigenvalue weighted by atomic mass is 16.5. The summed E-state index contributed by atoms with van der Waals surface area (Å²) in [6.07, 6.45) is 4.20. The maximum absolute atomic E-state index is 13.0. The molecular weight excluding hydrogens is 308 g/mol. The SMILES string of the molecule is COCC(=O)N1CCC2(C1)C(=O)N(C)CCN2Cc1ccncc1. The van der Waals surface area contributed by atoms with Gasteiger partial charge < -0.3 is 14.5 Å². The Balaban J connectivity index is 1.82. The van der Waals surface area contributed by atoms with Crippen LogP contribution in [0.1, 0.15) is 12.0 Å². The van der Waals surface area contributed by atoms with Gasteiger partial charge in [-0.3, -0.25) is 19.5 Å². The van der Waals surface area contributed by atoms with E-state index in [-0.39, 0.29) is 18.4 Å². The van der Waals surface area contributed by atoms with E-state index in [4.69, 9.17) is 4.74 Å². The molecule has 3 rings (SSSR count). The number of hydrogen-bond acceptors (Lipinski definition) is 5. The van der Waals surface area contributed by atoms with Crippen molar-refractivity contribution in [3.05, 3.63) is 30.1 Å². The van der Waals surface area contributed by atoms with Gasteiger partial charge in [-0.1, -0.05) is 0 Å². The molecule has 0 saturated carbocycles. The lowest BCUT2D eigenvalue weighted by Crippen LogP contribution is -2.66. The number of hydrogen-bond donors (Lipinski definition) is 0. The fourth-order valence-electron chi connectivity index (χ4n) is 3.67. The Morgan fingerprint density at radius 2 is 2.04 bits per heavy atom. The minimum Gasteiger partial charge on any atom is -0.375 e. The minimum atomic E-state index is -0.625. The smallest absolute Gasteiger partial charge is 0.248 e. The van der Waals surface area contributed by atoms with E-state index < -0.39 is 5.54 Å². The number of ether oxygens (including phenoxy) is 1. The van der Waals surface area contributed by atoms with Crippen LogP contribution < -0.4 is 0 Å². The van der Waals surface area contributed by atoms with Crippen LogP contribution in [-0.4, -0.2) is 84.0 Å². The standard InChI is InChI=1S/C17H24N4O3/c1-19-9-10-21(11-14-3-6-18-7-4-14)17(16(19)23)5-8-20(13-17)15(22)12-24-2/h3-4,6-7H,5,8-13H2,1-2H3. The number of likely N-dealkylation sites (N-methyl/N-ethyl adjacent to an activating group) is 1. The highest BCUT2D eigenvalue weighted by Gasteiger charge is 2.53. The van der Waals surface area contributed by atoms with Crippen molar-refractivity contribution >= 4 is 11.8 Å². The fraction of sp³-hybridized carbons (Fsp3) is 0.588. The van der Waals surface area contributed by atoms with Gasteiger partial charge in [0.1, 0.15) is 12.1 Å². The zero-order valence-electron chi connectivity index (χ0n) is 14.3. The molecule has 3 heterocycles. The lowest BCUT2D eigenvalue weighted by molar-refractivity contribution is -0.150. The molecule has 2 saturated heterocycles. The monoisotopic (exact) mass is 332 g/mol. The Labute approximate surface area is 142 Å². The van der Waals surface area contributed by atoms with Gasteiger partial charge in [-0.15, -0.1) is 0 Å². The van der Waals surface area contributed by atoms with Crippen molar-refractivity contribution in [2.45, 2.75) is 18.5 Å². The predicted molar refractivity (Wildman–Crippen MR) is 88.1 cm³/mol. The van der Waals surface area contributed by atoms with Gasteiger partial charge in [-0.25, -0.2) is 0 Å². The first-order valence-electron chi connectivity index (χ1n) is 8.23. The number of methoxy groups -OCH3 is 1. The molecule has 0 bridgehead atoms. The number of amides is 2. The van der Waals surface area contributed by atoms with E-state index in [0.29, 0.717) is 32.6 Å². The molecule has 24 heavy (non-hydrogen) atoms. The maximum atomic E-state index is 13.0. The fourth-order valence-corrected chi connectivity index (χ4v) is 3.67. The molecule has 0 N–H and O–H groups in total. The maximum Gasteiger partial charge on any atom is 0.248 e. The molecule has 130 valence electrons. The normalized spacial score (nSPS) is 24.8. The third-order valence-corrected chi connectivity index (χ3v) is 5.05. The van der Waals surface area contributed by atoms with Crippen LogP contribution in [0.3, 0.4) is 0 Å². The molecule has 1 atom stereocenters. The Morgan fingerprint density at radius 1 is 1.29 bits per heavy atom. The van der Waals surface area contributed by atoms with Crippen LogP contribution in [-0.2, 0) is 20.9 Å². The summed E-state index contributed by atoms with van der Waals surface area (Å²) in [5, 5.41) is 0. The molecule has 0 aliphatic carbocycles. The van der Waals surface area contributed by atoms with Crippen LogP contribution in [0.25, 0.3) is 0 Å². The van der Waals surface area contributed by atoms with E-state index in [0.717, 1.165) is 12.1 Å². The van der Waals surface area contributed by atoms with Gasteiger partial charge in [-0.05, 0) is 24.1 Å². The van der Waals surface area contributed by atoms with Crippen molar-refractivity contribution in [3.63, 3.8) is 0 Å². The zero-order valence-corrected chi connectivity index (χ0v) is 14.3. The Morgan fingerprint density at radius 3 is 2.75 bits per heavy atom. The van der Waals surface area contributed by atoms with Gasteiger partial charge >= 0.3 is 0 Å². The Kier molecular flexibility index (Phi) is 4.82. The van der Waals surface area contributed by atoms with Crippen molar-refractivity contribution in [1.29, 1.82) is 0 Å². The van der Waals surface area contributed by atoms with Crippen LogP contribution in [0.15, 0.2) is 24.5 Å². The Bertz CT molecular complexity index is 609. The summed E-state index contributed by atoms with van der Waals surface area (Å²) in [5.41, 5.74) is 0.503. The van der Waals surface area contributed by atoms with Gasteiger partial charge in [0.2, 0.25) is 11.8 Å². The summed E-state index contributed by atoms with van der Waals surface area (Å²) in [5.74, 6) is 0.0507. The summed E-state index contributed by atoms with van der Waals surface area (Å²) < 4.78 is 4.96. The average Bonchev–Trinajstić information content (AvgIpc) is 3.03. The van der Waals surface area contributed by atoms with E-state index in [2.05, 4.69) is 9.88 Å². The van der Waals surface area contributed by atoms with Crippen molar-refractivity contribution in [1.82, 2.24) is 19.7 Å². The summed E-state index contributed by atoms with van der Waals surface area (Å²) in [7, 11) is 3.35. The topological polar surface area (TPSA) is 66.0 Å². The molecule has 7 heteroatoms. The van der Waals surface area contributed by atoms with Crippen LogP contribution in [0.5, 0.6) is 0 Å². The minimum absolute atomic E-state index is 0.0562. The van der Waals surface area contributed by atoms with E-state index in [1.54, 1.807) is 22.2 Å². The van der Waals surface area contributed by atoms with Crippen LogP contribution in [0.4, 0.5) is 0 Å². The van der Waals surface area contributed by atoms with E-state index >= 15 is 0 Å². The molecule has 2 aliphatic heterocycles. The number of carbonyl (C=O) groups excluding carboxylic acids is 2. The molecule has 2 amide bonds. The van der Waals surface area contributed by atoms with Crippen LogP contribution in [0.2, 0.25) is 0 Å². The van der Waals surface area contributed by atoms with Crippen molar-refractivity contribution in [2.24, 2.45) is 0 Å². The molecular formula is C17H24N4O3. The molecule has 0 aromatic carbocycles. The second kappa shape index (κ2) is 6.86. The highest BCUT2D eigenvalue weighted by Crippen LogP contribution is 2.33. The summed E-state index contributed by atoms with van der Waals surface area (Å²) >= 11 is 0. The number of likely N-dealkylation sites (tertiary alicyclic amines) is 1. The van der Waals surface area contributed by atoms with Crippen LogP contribution >= 0.6 is 0 Å². The predicted octanol–water partition coefficient (Wildman–Crippen LogP) is -0.0269. The van der Waals surface area contributed by atoms with Crippen molar-refractivity contribution in [3.8, 4) is 0 Å². The average molecular weight is 332 g/mol. The molecule has 2 fully saturated rings. The number of rotatable bonds is 4. The number of aromatic nitrogens is 1. The first kappa shape index (κ1) is 16.9. The second-order valence-electron chi connectivity index (χ2n) is 6.53. The molecule has 1 unspecified atom stereocenters. The van der Waals surface area contributed by atoms with E-state index in [9.17, 15) is 9.59 Å². The van der Waals surface area contributed by atoms with Gasteiger partial charge in [0.05, 0.1) is 0 Å². The van der Waals surface area contributed by atoms with Gasteiger partial charge in [0.25, 0.3) is 0 Å². The van der Waals surface area contributed by atoms with E-state index in [1.165, 1.54) is 7.11 Å². The summed E-state index contributed by atoms with van der Waals surface area (Å²) in [6, 6.07) is 3.94. The zero-order chi connectivity index (χ0) is 17.2. The number of piperazine rings is 1. The largest absolute Gasteiger partial charge is 0.375 e. The van der Waals surface area contributed by atoms with Gasteiger partial charge in [0.15, 0.2) is 0 Å². The lowest BCUT2D eigenvalue weighted by atomic mass is 9.91. The first-order valence-corrected chi connectivity index (χ1v) is 8.23. The van der Waals surface area contributed by atoms with Crippen LogP contribution in [0, 0.1) is 0 Å². The highest BCUT2D eigenvalue weighted by molar-refractivity contribution is 5.89. The van der Waals surface area contributed by atoms with Gasteiger partial charge in [0, 0.05) is 59.3 Å². The van der Waals surface area contributed by atoms with E-state index in [1.807, 2.05) is 19.2 Å². The molecule has 1 aromatic heterocycles. The van der Waals surface area contributed by atoms with Gasteiger partial charge in [-0.2, -0.15) is 0 Å². The second-order valence-corrected chi connectivity index (χ2v) is 6.53. The summed E-state index contributed by atoms with van der Waals surface area (Å²) in [6.45, 7) is 3.28. The molecule has 2 aliphatic rings. The molecule has 1 spiro atoms. The van der Waals surface area contributed by atoms with Crippen molar-refractivity contribution < 1.29 is 14.3 Å². The third-order valence-electron chi connectivity index (χ3n) is 5.05. The first-order chi connectivity index (χ1) is 11.6. The number of carbonyl (C=O) groups is 2. The van der Waals surface area contributed by atoms with Crippen molar-refractivity contribution in [2.75, 3.05) is 46.9 Å². The number of nitrogens with zero attached hydrogens (tertiary/aromatic N) is 4. The Hall–Kier alpha value is -1.99. The third kappa shape index (κ3) is 3.01. The summed E-state index contributed by atoms with van der Waals surface area (Å²) in [4.78, 5) is 35.0. The molecule has 0 radical (unpaired) electrons. The molecule has 1 aromatic rings. The quantitative estimate of drug-likeness (QED) is 0.775. The lowest BCUT2D eigenvalue weighted by Gasteiger charge is -2.46. The molecule has 7 nitrogen and oxygen atoms in total.